The fourth-order valence-electron chi connectivity index (χ4n) is 2.15. The molecule has 2 rings (SSSR count). The Morgan fingerprint density at radius 1 is 1.33 bits per heavy atom. The molecule has 0 radical (unpaired) electrons. The van der Waals surface area contributed by atoms with Crippen LogP contribution in [0.5, 0.6) is 0 Å². The molecule has 1 atom stereocenters. The van der Waals surface area contributed by atoms with Gasteiger partial charge in [-0.1, -0.05) is 0 Å². The molecule has 1 amide bonds. The smallest absolute Gasteiger partial charge is 0.251 e. The Hall–Kier alpha value is -1.49. The second-order valence-corrected chi connectivity index (χ2v) is 4.50. The van der Waals surface area contributed by atoms with Crippen molar-refractivity contribution in [1.29, 1.82) is 0 Å². The van der Waals surface area contributed by atoms with Gasteiger partial charge in [-0.15, -0.1) is 0 Å². The zero-order valence-electron chi connectivity index (χ0n) is 10.0. The average Bonchev–Trinajstić information content (AvgIpc) is 2.80. The maximum absolute atomic E-state index is 12.9. The van der Waals surface area contributed by atoms with Gasteiger partial charge >= 0.3 is 0 Å². The number of halogens is 2. The molecule has 1 heterocycles. The first-order valence-electron chi connectivity index (χ1n) is 6.13. The standard InChI is InChI=1S/C13H16F2N2O/c14-10-6-9(7-11(15)8-10)13(18)17-5-3-12-2-1-4-16-12/h6-8,12,16H,1-5H2,(H,17,18)/t12-/m0/s1. The molecular formula is C13H16F2N2O. The monoisotopic (exact) mass is 254 g/mol. The van der Waals surface area contributed by atoms with E-state index in [9.17, 15) is 13.6 Å². The quantitative estimate of drug-likeness (QED) is 0.860. The maximum atomic E-state index is 12.9. The largest absolute Gasteiger partial charge is 0.352 e. The molecule has 0 unspecified atom stereocenters. The lowest BCUT2D eigenvalue weighted by atomic mass is 10.1. The van der Waals surface area contributed by atoms with Gasteiger partial charge in [0.25, 0.3) is 5.91 Å². The first-order chi connectivity index (χ1) is 8.65. The topological polar surface area (TPSA) is 41.1 Å². The number of benzene rings is 1. The van der Waals surface area contributed by atoms with Gasteiger partial charge in [-0.05, 0) is 37.9 Å². The van der Waals surface area contributed by atoms with Gasteiger partial charge in [-0.25, -0.2) is 8.78 Å². The minimum absolute atomic E-state index is 0.0203. The Morgan fingerprint density at radius 3 is 2.67 bits per heavy atom. The van der Waals surface area contributed by atoms with Crippen LogP contribution in [0.3, 0.4) is 0 Å². The summed E-state index contributed by atoms with van der Waals surface area (Å²) in [5.74, 6) is -1.92. The highest BCUT2D eigenvalue weighted by Gasteiger charge is 2.14. The van der Waals surface area contributed by atoms with Crippen LogP contribution in [-0.4, -0.2) is 25.0 Å². The molecule has 98 valence electrons. The second kappa shape index (κ2) is 5.91. The number of hydrogen-bond donors (Lipinski definition) is 2. The fourth-order valence-corrected chi connectivity index (χ4v) is 2.15. The molecule has 0 bridgehead atoms. The van der Waals surface area contributed by atoms with Crippen LogP contribution in [0.4, 0.5) is 8.78 Å². The summed E-state index contributed by atoms with van der Waals surface area (Å²) in [6.45, 7) is 1.53. The predicted octanol–water partition coefficient (Wildman–Crippen LogP) is 1.84. The molecule has 0 aliphatic carbocycles. The van der Waals surface area contributed by atoms with Crippen molar-refractivity contribution in [3.8, 4) is 0 Å². The lowest BCUT2D eigenvalue weighted by Crippen LogP contribution is -2.30. The van der Waals surface area contributed by atoms with E-state index in [1.807, 2.05) is 0 Å². The van der Waals surface area contributed by atoms with Crippen molar-refractivity contribution in [2.75, 3.05) is 13.1 Å². The zero-order valence-corrected chi connectivity index (χ0v) is 10.0. The van der Waals surface area contributed by atoms with Crippen LogP contribution < -0.4 is 10.6 Å². The van der Waals surface area contributed by atoms with E-state index in [-0.39, 0.29) is 5.56 Å². The Kier molecular flexibility index (Phi) is 4.25. The molecule has 5 heteroatoms. The first-order valence-corrected chi connectivity index (χ1v) is 6.13. The highest BCUT2D eigenvalue weighted by atomic mass is 19.1. The van der Waals surface area contributed by atoms with Crippen molar-refractivity contribution in [1.82, 2.24) is 10.6 Å². The third-order valence-electron chi connectivity index (χ3n) is 3.07. The molecule has 2 N–H and O–H groups in total. The molecule has 0 aromatic heterocycles. The van der Waals surface area contributed by atoms with Crippen LogP contribution in [-0.2, 0) is 0 Å². The summed E-state index contributed by atoms with van der Waals surface area (Å²) in [4.78, 5) is 11.7. The van der Waals surface area contributed by atoms with Gasteiger partial charge < -0.3 is 10.6 Å². The van der Waals surface area contributed by atoms with Gasteiger partial charge in [-0.2, -0.15) is 0 Å². The van der Waals surface area contributed by atoms with Crippen molar-refractivity contribution in [3.63, 3.8) is 0 Å². The van der Waals surface area contributed by atoms with Gasteiger partial charge in [0, 0.05) is 24.2 Å². The van der Waals surface area contributed by atoms with Crippen LogP contribution in [0.2, 0.25) is 0 Å². The third kappa shape index (κ3) is 3.50. The number of rotatable bonds is 4. The van der Waals surface area contributed by atoms with Crippen LogP contribution in [0.1, 0.15) is 29.6 Å². The molecule has 18 heavy (non-hydrogen) atoms. The van der Waals surface area contributed by atoms with Crippen LogP contribution in [0, 0.1) is 11.6 Å². The zero-order chi connectivity index (χ0) is 13.0. The fraction of sp³-hybridized carbons (Fsp3) is 0.462. The molecule has 1 fully saturated rings. The van der Waals surface area contributed by atoms with E-state index in [4.69, 9.17) is 0 Å². The van der Waals surface area contributed by atoms with Gasteiger partial charge in [0.2, 0.25) is 0 Å². The average molecular weight is 254 g/mol. The van der Waals surface area contributed by atoms with Crippen LogP contribution >= 0.6 is 0 Å². The van der Waals surface area contributed by atoms with E-state index in [1.54, 1.807) is 0 Å². The van der Waals surface area contributed by atoms with Crippen molar-refractivity contribution < 1.29 is 13.6 Å². The SMILES string of the molecule is O=C(NCC[C@@H]1CCCN1)c1cc(F)cc(F)c1. The van der Waals surface area contributed by atoms with Gasteiger partial charge in [0.05, 0.1) is 0 Å². The highest BCUT2D eigenvalue weighted by Crippen LogP contribution is 2.09. The summed E-state index contributed by atoms with van der Waals surface area (Å²) in [5, 5.41) is 5.99. The van der Waals surface area contributed by atoms with E-state index in [2.05, 4.69) is 10.6 Å². The van der Waals surface area contributed by atoms with Crippen LogP contribution in [0.15, 0.2) is 18.2 Å². The highest BCUT2D eigenvalue weighted by molar-refractivity contribution is 5.94. The molecule has 0 saturated carbocycles. The van der Waals surface area contributed by atoms with Gasteiger partial charge in [0.15, 0.2) is 0 Å². The summed E-state index contributed by atoms with van der Waals surface area (Å²) in [5.41, 5.74) is 0.0203. The van der Waals surface area contributed by atoms with E-state index < -0.39 is 17.5 Å². The molecule has 1 aromatic rings. The lowest BCUT2D eigenvalue weighted by Gasteiger charge is -2.10. The Labute approximate surface area is 105 Å². The summed E-state index contributed by atoms with van der Waals surface area (Å²) in [7, 11) is 0. The predicted molar refractivity (Wildman–Crippen MR) is 64.3 cm³/mol. The summed E-state index contributed by atoms with van der Waals surface area (Å²) in [6.07, 6.45) is 3.11. The summed E-state index contributed by atoms with van der Waals surface area (Å²) in [6, 6.07) is 3.26. The van der Waals surface area contributed by atoms with Crippen molar-refractivity contribution >= 4 is 5.91 Å². The molecule has 1 saturated heterocycles. The van der Waals surface area contributed by atoms with Crippen molar-refractivity contribution in [2.24, 2.45) is 0 Å². The van der Waals surface area contributed by atoms with E-state index >= 15 is 0 Å². The van der Waals surface area contributed by atoms with E-state index in [1.165, 1.54) is 0 Å². The third-order valence-corrected chi connectivity index (χ3v) is 3.07. The summed E-state index contributed by atoms with van der Waals surface area (Å²) >= 11 is 0. The Bertz CT molecular complexity index is 411. The summed E-state index contributed by atoms with van der Waals surface area (Å²) < 4.78 is 25.9. The van der Waals surface area contributed by atoms with E-state index in [0.717, 1.165) is 44.0 Å². The van der Waals surface area contributed by atoms with Gasteiger partial charge in [0.1, 0.15) is 11.6 Å². The van der Waals surface area contributed by atoms with Gasteiger partial charge in [-0.3, -0.25) is 4.79 Å². The Balaban J connectivity index is 1.83. The minimum Gasteiger partial charge on any atom is -0.352 e. The number of carbonyl (C=O) groups is 1. The van der Waals surface area contributed by atoms with Crippen molar-refractivity contribution in [2.45, 2.75) is 25.3 Å². The molecule has 1 aromatic carbocycles. The maximum Gasteiger partial charge on any atom is 0.251 e. The minimum atomic E-state index is -0.738. The molecule has 3 nitrogen and oxygen atoms in total. The molecule has 1 aliphatic heterocycles. The number of hydrogen-bond acceptors (Lipinski definition) is 2. The second-order valence-electron chi connectivity index (χ2n) is 4.50. The normalized spacial score (nSPS) is 18.9. The molecule has 1 aliphatic rings. The number of amides is 1. The lowest BCUT2D eigenvalue weighted by molar-refractivity contribution is 0.0951. The number of nitrogens with one attached hydrogen (secondary N) is 2. The van der Waals surface area contributed by atoms with E-state index in [0.29, 0.717) is 12.6 Å². The van der Waals surface area contributed by atoms with Crippen molar-refractivity contribution in [3.05, 3.63) is 35.4 Å². The first kappa shape index (κ1) is 13.0. The Morgan fingerprint density at radius 2 is 2.06 bits per heavy atom. The van der Waals surface area contributed by atoms with Crippen LogP contribution in [0.25, 0.3) is 0 Å². The molecular weight excluding hydrogens is 238 g/mol. The number of carbonyl (C=O) groups excluding carboxylic acids is 1. The molecule has 0 spiro atoms.